The molecule has 0 amide bonds. The summed E-state index contributed by atoms with van der Waals surface area (Å²) >= 11 is 9.49. The molecule has 1 aliphatic rings. The first kappa shape index (κ1) is 15.0. The Labute approximate surface area is 141 Å². The van der Waals surface area contributed by atoms with E-state index in [1.54, 1.807) is 24.3 Å². The molecular formula is C17H11BrClNO2. The number of carbonyl (C=O) groups excluding carboxylic acids is 2. The summed E-state index contributed by atoms with van der Waals surface area (Å²) in [6.45, 7) is 0.409. The Hall–Kier alpha value is -1.91. The number of carbonyl (C=O) groups is 2. The summed E-state index contributed by atoms with van der Waals surface area (Å²) in [7, 11) is 0. The predicted molar refractivity (Wildman–Crippen MR) is 89.0 cm³/mol. The number of hydrogen-bond donors (Lipinski definition) is 1. The van der Waals surface area contributed by atoms with Crippen LogP contribution in [0.15, 0.2) is 63.7 Å². The molecule has 0 heterocycles. The van der Waals surface area contributed by atoms with E-state index in [2.05, 4.69) is 21.2 Å². The molecular weight excluding hydrogens is 366 g/mol. The lowest BCUT2D eigenvalue weighted by atomic mass is 9.92. The van der Waals surface area contributed by atoms with Crippen molar-refractivity contribution >= 4 is 39.1 Å². The molecule has 1 N–H and O–H groups in total. The summed E-state index contributed by atoms with van der Waals surface area (Å²) in [5, 5.41) is 2.94. The minimum absolute atomic E-state index is 0.0568. The Kier molecular flexibility index (Phi) is 4.14. The van der Waals surface area contributed by atoms with Crippen LogP contribution < -0.4 is 5.32 Å². The van der Waals surface area contributed by atoms with E-state index >= 15 is 0 Å². The molecule has 0 spiro atoms. The second-order valence-corrected chi connectivity index (χ2v) is 6.17. The van der Waals surface area contributed by atoms with Crippen molar-refractivity contribution in [2.24, 2.45) is 0 Å². The zero-order valence-corrected chi connectivity index (χ0v) is 13.7. The molecule has 0 aliphatic heterocycles. The fourth-order valence-corrected chi connectivity index (χ4v) is 3.04. The number of Topliss-reactive ketones (excluding diaryl/α,β-unsaturated/α-hetero) is 2. The second-order valence-electron chi connectivity index (χ2n) is 4.88. The van der Waals surface area contributed by atoms with Gasteiger partial charge in [-0.1, -0.05) is 63.9 Å². The first-order chi connectivity index (χ1) is 10.6. The molecule has 5 heteroatoms. The van der Waals surface area contributed by atoms with Gasteiger partial charge >= 0.3 is 0 Å². The van der Waals surface area contributed by atoms with E-state index < -0.39 is 0 Å². The van der Waals surface area contributed by atoms with Crippen molar-refractivity contribution < 1.29 is 9.59 Å². The van der Waals surface area contributed by atoms with Gasteiger partial charge in [-0.05, 0) is 17.7 Å². The van der Waals surface area contributed by atoms with E-state index in [1.165, 1.54) is 0 Å². The smallest absolute Gasteiger partial charge is 0.211 e. The van der Waals surface area contributed by atoms with Crippen molar-refractivity contribution in [3.8, 4) is 0 Å². The maximum Gasteiger partial charge on any atom is 0.211 e. The van der Waals surface area contributed by atoms with E-state index in [9.17, 15) is 9.59 Å². The molecule has 0 unspecified atom stereocenters. The third kappa shape index (κ3) is 2.72. The molecule has 0 saturated carbocycles. The zero-order chi connectivity index (χ0) is 15.7. The Morgan fingerprint density at radius 2 is 1.64 bits per heavy atom. The van der Waals surface area contributed by atoms with Crippen molar-refractivity contribution in [1.29, 1.82) is 0 Å². The van der Waals surface area contributed by atoms with Crippen molar-refractivity contribution in [2.45, 2.75) is 6.54 Å². The van der Waals surface area contributed by atoms with Crippen molar-refractivity contribution in [1.82, 2.24) is 5.32 Å². The first-order valence-electron chi connectivity index (χ1n) is 6.64. The maximum absolute atomic E-state index is 12.5. The van der Waals surface area contributed by atoms with Gasteiger partial charge in [-0.2, -0.15) is 0 Å². The van der Waals surface area contributed by atoms with Gasteiger partial charge in [-0.25, -0.2) is 0 Å². The van der Waals surface area contributed by atoms with E-state index in [1.807, 2.05) is 24.3 Å². The summed E-state index contributed by atoms with van der Waals surface area (Å²) in [6.07, 6.45) is 0. The average molecular weight is 377 g/mol. The highest BCUT2D eigenvalue weighted by atomic mass is 79.9. The summed E-state index contributed by atoms with van der Waals surface area (Å²) in [6, 6.07) is 14.4. The number of hydrogen-bond acceptors (Lipinski definition) is 3. The summed E-state index contributed by atoms with van der Waals surface area (Å²) < 4.78 is 0.947. The minimum atomic E-state index is -0.325. The Balaban J connectivity index is 1.89. The van der Waals surface area contributed by atoms with Crippen molar-refractivity contribution in [2.75, 3.05) is 0 Å². The van der Waals surface area contributed by atoms with Crippen LogP contribution in [0, 0.1) is 0 Å². The molecule has 2 aromatic rings. The number of halogens is 2. The van der Waals surface area contributed by atoms with Gasteiger partial charge in [0.25, 0.3) is 0 Å². The third-order valence-electron chi connectivity index (χ3n) is 3.42. The van der Waals surface area contributed by atoms with Crippen LogP contribution in [-0.4, -0.2) is 11.6 Å². The zero-order valence-electron chi connectivity index (χ0n) is 11.4. The normalized spacial score (nSPS) is 14.1. The molecule has 0 bridgehead atoms. The maximum atomic E-state index is 12.5. The SMILES string of the molecule is O=C1C(Cl)=C(NCc2cccc(Br)c2)C(=O)c2ccccc21. The van der Waals surface area contributed by atoms with Gasteiger partial charge in [0.15, 0.2) is 0 Å². The third-order valence-corrected chi connectivity index (χ3v) is 4.27. The van der Waals surface area contributed by atoms with Gasteiger partial charge < -0.3 is 5.32 Å². The molecule has 22 heavy (non-hydrogen) atoms. The highest BCUT2D eigenvalue weighted by molar-refractivity contribution is 9.10. The fraction of sp³-hybridized carbons (Fsp3) is 0.0588. The lowest BCUT2D eigenvalue weighted by Crippen LogP contribution is -2.28. The fourth-order valence-electron chi connectivity index (χ4n) is 2.34. The Morgan fingerprint density at radius 3 is 2.32 bits per heavy atom. The number of rotatable bonds is 3. The molecule has 0 atom stereocenters. The van der Waals surface area contributed by atoms with Crippen LogP contribution in [0.3, 0.4) is 0 Å². The number of benzene rings is 2. The molecule has 0 radical (unpaired) electrons. The standard InChI is InChI=1S/C17H11BrClNO2/c18-11-5-3-4-10(8-11)9-20-15-14(19)16(21)12-6-1-2-7-13(12)17(15)22/h1-8,20H,9H2. The highest BCUT2D eigenvalue weighted by Crippen LogP contribution is 2.27. The molecule has 3 rings (SSSR count). The summed E-state index contributed by atoms with van der Waals surface area (Å²) in [5.74, 6) is -0.580. The van der Waals surface area contributed by atoms with Crippen LogP contribution in [-0.2, 0) is 6.54 Å². The molecule has 0 saturated heterocycles. The van der Waals surface area contributed by atoms with Gasteiger partial charge in [0.05, 0.1) is 0 Å². The number of allylic oxidation sites excluding steroid dienone is 2. The lowest BCUT2D eigenvalue weighted by Gasteiger charge is -2.19. The van der Waals surface area contributed by atoms with Gasteiger partial charge in [0.2, 0.25) is 11.6 Å². The number of fused-ring (bicyclic) bond motifs is 1. The minimum Gasteiger partial charge on any atom is -0.376 e. The molecule has 110 valence electrons. The van der Waals surface area contributed by atoms with Crippen LogP contribution >= 0.6 is 27.5 Å². The van der Waals surface area contributed by atoms with Crippen LogP contribution in [0.4, 0.5) is 0 Å². The Bertz CT molecular complexity index is 814. The number of ketones is 2. The first-order valence-corrected chi connectivity index (χ1v) is 7.81. The number of nitrogens with one attached hydrogen (secondary N) is 1. The summed E-state index contributed by atoms with van der Waals surface area (Å²) in [5.41, 5.74) is 1.87. The van der Waals surface area contributed by atoms with Crippen LogP contribution in [0.1, 0.15) is 26.3 Å². The van der Waals surface area contributed by atoms with Gasteiger partial charge in [0, 0.05) is 22.1 Å². The second kappa shape index (κ2) is 6.07. The van der Waals surface area contributed by atoms with Gasteiger partial charge in [-0.15, -0.1) is 0 Å². The van der Waals surface area contributed by atoms with E-state index in [4.69, 9.17) is 11.6 Å². The van der Waals surface area contributed by atoms with Crippen LogP contribution in [0.5, 0.6) is 0 Å². The van der Waals surface area contributed by atoms with Crippen molar-refractivity contribution in [3.63, 3.8) is 0 Å². The average Bonchev–Trinajstić information content (AvgIpc) is 2.53. The topological polar surface area (TPSA) is 46.2 Å². The Morgan fingerprint density at radius 1 is 0.955 bits per heavy atom. The largest absolute Gasteiger partial charge is 0.376 e. The monoisotopic (exact) mass is 375 g/mol. The molecule has 0 fully saturated rings. The quantitative estimate of drug-likeness (QED) is 0.878. The highest BCUT2D eigenvalue weighted by Gasteiger charge is 2.30. The molecule has 2 aromatic carbocycles. The van der Waals surface area contributed by atoms with Crippen LogP contribution in [0.2, 0.25) is 0 Å². The molecule has 0 aromatic heterocycles. The van der Waals surface area contributed by atoms with Gasteiger partial charge in [0.1, 0.15) is 10.7 Å². The predicted octanol–water partition coefficient (Wildman–Crippen LogP) is 4.07. The molecule has 1 aliphatic carbocycles. The molecule has 3 nitrogen and oxygen atoms in total. The van der Waals surface area contributed by atoms with E-state index in [0.717, 1.165) is 10.0 Å². The summed E-state index contributed by atoms with van der Waals surface area (Å²) in [4.78, 5) is 24.7. The van der Waals surface area contributed by atoms with Crippen molar-refractivity contribution in [3.05, 3.63) is 80.4 Å². The van der Waals surface area contributed by atoms with E-state index in [0.29, 0.717) is 17.7 Å². The van der Waals surface area contributed by atoms with Crippen LogP contribution in [0.25, 0.3) is 0 Å². The van der Waals surface area contributed by atoms with E-state index in [-0.39, 0.29) is 22.3 Å². The van der Waals surface area contributed by atoms with Gasteiger partial charge in [-0.3, -0.25) is 9.59 Å². The lowest BCUT2D eigenvalue weighted by molar-refractivity contribution is 0.0974.